The number of nitrogens with one attached hydrogen (secondary N) is 1. The number of benzene rings is 3. The molecule has 3 aromatic rings. The van der Waals surface area contributed by atoms with Gasteiger partial charge in [0.2, 0.25) is 0 Å². The normalized spacial score (nSPS) is 14.6. The van der Waals surface area contributed by atoms with E-state index < -0.39 is 20.0 Å². The van der Waals surface area contributed by atoms with Crippen LogP contribution in [-0.2, 0) is 31.9 Å². The molecule has 3 aromatic carbocycles. The molecule has 8 heteroatoms. The van der Waals surface area contributed by atoms with E-state index >= 15 is 0 Å². The predicted octanol–water partition coefficient (Wildman–Crippen LogP) is 4.93. The first-order valence-electron chi connectivity index (χ1n) is 10.8. The minimum absolute atomic E-state index is 0.0693. The van der Waals surface area contributed by atoms with Crippen LogP contribution < -0.4 is 9.03 Å². The number of nitrogens with zero attached hydrogens (tertiary/aromatic N) is 1. The van der Waals surface area contributed by atoms with Crippen LogP contribution in [0.2, 0.25) is 0 Å². The summed E-state index contributed by atoms with van der Waals surface area (Å²) in [6, 6.07) is 20.2. The van der Waals surface area contributed by atoms with Crippen molar-refractivity contribution in [2.75, 3.05) is 15.6 Å². The molecule has 0 unspecified atom stereocenters. The standard InChI is InChI=1S/C25H28N2O4S2/c1-25(2,3)20-11-14-22(15-12-20)32(28,29)26-21-13-16-24-19(18-21)8-7-17-27(24)33(30,31)23-9-5-4-6-10-23/h4-6,9-16,18,26H,7-8,17H2,1-3H3. The summed E-state index contributed by atoms with van der Waals surface area (Å²) in [5.41, 5.74) is 2.77. The number of fused-ring (bicyclic) bond motifs is 1. The third-order valence-corrected chi connectivity index (χ3v) is 8.99. The summed E-state index contributed by atoms with van der Waals surface area (Å²) in [4.78, 5) is 0.419. The van der Waals surface area contributed by atoms with Crippen molar-refractivity contribution < 1.29 is 16.8 Å². The average Bonchev–Trinajstić information content (AvgIpc) is 2.78. The van der Waals surface area contributed by atoms with Gasteiger partial charge < -0.3 is 0 Å². The molecule has 0 saturated heterocycles. The molecule has 33 heavy (non-hydrogen) atoms. The van der Waals surface area contributed by atoms with Crippen molar-refractivity contribution in [2.24, 2.45) is 0 Å². The van der Waals surface area contributed by atoms with Gasteiger partial charge in [-0.25, -0.2) is 16.8 Å². The Hall–Kier alpha value is -2.84. The Morgan fingerprint density at radius 3 is 2.12 bits per heavy atom. The second-order valence-corrected chi connectivity index (χ2v) is 12.8. The molecule has 0 aromatic heterocycles. The van der Waals surface area contributed by atoms with Crippen LogP contribution in [0.15, 0.2) is 82.6 Å². The SMILES string of the molecule is CC(C)(C)c1ccc(S(=O)(=O)Nc2ccc3c(c2)CCCN3S(=O)(=O)c2ccccc2)cc1. The molecule has 1 N–H and O–H groups in total. The Kier molecular flexibility index (Phi) is 6.01. The van der Waals surface area contributed by atoms with Crippen LogP contribution in [0, 0.1) is 0 Å². The largest absolute Gasteiger partial charge is 0.280 e. The maximum Gasteiger partial charge on any atom is 0.264 e. The van der Waals surface area contributed by atoms with Gasteiger partial charge in [-0.05, 0) is 71.8 Å². The van der Waals surface area contributed by atoms with E-state index in [4.69, 9.17) is 0 Å². The van der Waals surface area contributed by atoms with Gasteiger partial charge in [-0.15, -0.1) is 0 Å². The summed E-state index contributed by atoms with van der Waals surface area (Å²) in [6.45, 7) is 6.60. The van der Waals surface area contributed by atoms with Gasteiger partial charge in [0.15, 0.2) is 0 Å². The number of anilines is 2. The number of sulfonamides is 2. The molecule has 1 heterocycles. The summed E-state index contributed by atoms with van der Waals surface area (Å²) in [6.07, 6.45) is 1.33. The molecular weight excluding hydrogens is 456 g/mol. The molecular formula is C25H28N2O4S2. The van der Waals surface area contributed by atoms with Crippen molar-refractivity contribution in [1.29, 1.82) is 0 Å². The zero-order chi connectivity index (χ0) is 23.9. The highest BCUT2D eigenvalue weighted by Crippen LogP contribution is 2.34. The van der Waals surface area contributed by atoms with Crippen LogP contribution >= 0.6 is 0 Å². The van der Waals surface area contributed by atoms with Crippen LogP contribution in [0.3, 0.4) is 0 Å². The smallest absolute Gasteiger partial charge is 0.264 e. The Balaban J connectivity index is 1.61. The fourth-order valence-electron chi connectivity index (χ4n) is 3.94. The van der Waals surface area contributed by atoms with E-state index in [9.17, 15) is 16.8 Å². The first-order valence-corrected chi connectivity index (χ1v) is 13.7. The van der Waals surface area contributed by atoms with Crippen LogP contribution in [0.5, 0.6) is 0 Å². The average molecular weight is 485 g/mol. The molecule has 0 saturated carbocycles. The lowest BCUT2D eigenvalue weighted by Gasteiger charge is -2.31. The Bertz CT molecular complexity index is 1360. The zero-order valence-electron chi connectivity index (χ0n) is 18.9. The van der Waals surface area contributed by atoms with Crippen molar-refractivity contribution in [1.82, 2.24) is 0 Å². The summed E-state index contributed by atoms with van der Waals surface area (Å²) in [7, 11) is -7.46. The number of hydrogen-bond donors (Lipinski definition) is 1. The molecule has 0 atom stereocenters. The molecule has 1 aliphatic rings. The van der Waals surface area contributed by atoms with Gasteiger partial charge in [0.25, 0.3) is 20.0 Å². The summed E-state index contributed by atoms with van der Waals surface area (Å²) >= 11 is 0. The third-order valence-electron chi connectivity index (χ3n) is 5.77. The van der Waals surface area contributed by atoms with Gasteiger partial charge in [-0.2, -0.15) is 0 Å². The van der Waals surface area contributed by atoms with Gasteiger partial charge in [-0.1, -0.05) is 51.1 Å². The Morgan fingerprint density at radius 2 is 1.48 bits per heavy atom. The minimum Gasteiger partial charge on any atom is -0.280 e. The number of rotatable bonds is 5. The number of hydrogen-bond acceptors (Lipinski definition) is 4. The van der Waals surface area contributed by atoms with Gasteiger partial charge in [0.05, 0.1) is 15.5 Å². The molecule has 0 spiro atoms. The summed E-state index contributed by atoms with van der Waals surface area (Å²) < 4.78 is 56.2. The highest BCUT2D eigenvalue weighted by Gasteiger charge is 2.29. The van der Waals surface area contributed by atoms with E-state index in [0.717, 1.165) is 11.1 Å². The number of aryl methyl sites for hydroxylation is 1. The van der Waals surface area contributed by atoms with Crippen molar-refractivity contribution in [3.8, 4) is 0 Å². The maximum atomic E-state index is 13.2. The quantitative estimate of drug-likeness (QED) is 0.557. The molecule has 4 rings (SSSR count). The van der Waals surface area contributed by atoms with Gasteiger partial charge in [0, 0.05) is 12.2 Å². The van der Waals surface area contributed by atoms with Crippen LogP contribution in [0.1, 0.15) is 38.3 Å². The predicted molar refractivity (Wildman–Crippen MR) is 132 cm³/mol. The Morgan fingerprint density at radius 1 is 0.818 bits per heavy atom. The summed E-state index contributed by atoms with van der Waals surface area (Å²) in [5, 5.41) is 0. The fourth-order valence-corrected chi connectivity index (χ4v) is 6.56. The molecule has 6 nitrogen and oxygen atoms in total. The van der Waals surface area contributed by atoms with Crippen LogP contribution in [-0.4, -0.2) is 23.4 Å². The molecule has 0 aliphatic carbocycles. The maximum absolute atomic E-state index is 13.2. The first kappa shape index (κ1) is 23.3. The molecule has 0 bridgehead atoms. The van der Waals surface area contributed by atoms with E-state index in [1.807, 2.05) is 12.1 Å². The fraction of sp³-hybridized carbons (Fsp3) is 0.280. The van der Waals surface area contributed by atoms with Crippen molar-refractivity contribution >= 4 is 31.4 Å². The van der Waals surface area contributed by atoms with E-state index in [0.29, 0.717) is 30.8 Å². The van der Waals surface area contributed by atoms with Crippen molar-refractivity contribution in [3.63, 3.8) is 0 Å². The molecule has 0 amide bonds. The highest BCUT2D eigenvalue weighted by atomic mass is 32.2. The van der Waals surface area contributed by atoms with Crippen LogP contribution in [0.25, 0.3) is 0 Å². The molecule has 174 valence electrons. The van der Waals surface area contributed by atoms with E-state index in [-0.39, 0.29) is 15.2 Å². The second kappa shape index (κ2) is 8.50. The zero-order valence-corrected chi connectivity index (χ0v) is 20.6. The lowest BCUT2D eigenvalue weighted by molar-refractivity contribution is 0.586. The monoisotopic (exact) mass is 484 g/mol. The first-order chi connectivity index (χ1) is 15.5. The van der Waals surface area contributed by atoms with Crippen molar-refractivity contribution in [2.45, 2.75) is 48.8 Å². The highest BCUT2D eigenvalue weighted by molar-refractivity contribution is 7.93. The third kappa shape index (κ3) is 4.77. The topological polar surface area (TPSA) is 83.6 Å². The second-order valence-electron chi connectivity index (χ2n) is 9.22. The van der Waals surface area contributed by atoms with Crippen molar-refractivity contribution in [3.05, 3.63) is 83.9 Å². The summed E-state index contributed by atoms with van der Waals surface area (Å²) in [5.74, 6) is 0. The molecule has 0 radical (unpaired) electrons. The van der Waals surface area contributed by atoms with E-state index in [1.165, 1.54) is 4.31 Å². The van der Waals surface area contributed by atoms with Gasteiger partial charge in [0.1, 0.15) is 0 Å². The minimum atomic E-state index is -3.77. The van der Waals surface area contributed by atoms with Crippen LogP contribution in [0.4, 0.5) is 11.4 Å². The lowest BCUT2D eigenvalue weighted by atomic mass is 9.87. The van der Waals surface area contributed by atoms with Gasteiger partial charge >= 0.3 is 0 Å². The molecule has 1 aliphatic heterocycles. The van der Waals surface area contributed by atoms with E-state index in [1.54, 1.807) is 60.7 Å². The lowest BCUT2D eigenvalue weighted by Crippen LogP contribution is -2.35. The Labute approximate surface area is 196 Å². The van der Waals surface area contributed by atoms with Gasteiger partial charge in [-0.3, -0.25) is 9.03 Å². The van der Waals surface area contributed by atoms with E-state index in [2.05, 4.69) is 25.5 Å². The molecule has 0 fully saturated rings.